The molecule has 0 saturated carbocycles. The first kappa shape index (κ1) is 16.7. The van der Waals surface area contributed by atoms with E-state index in [4.69, 9.17) is 9.47 Å². The van der Waals surface area contributed by atoms with Crippen LogP contribution in [0.15, 0.2) is 30.3 Å². The minimum absolute atomic E-state index is 0.0160. The highest BCUT2D eigenvalue weighted by molar-refractivity contribution is 5.69. The summed E-state index contributed by atoms with van der Waals surface area (Å²) >= 11 is 0. The summed E-state index contributed by atoms with van der Waals surface area (Å²) in [7, 11) is 0. The zero-order chi connectivity index (χ0) is 16.3. The molecule has 0 aromatic heterocycles. The second-order valence-corrected chi connectivity index (χ2v) is 7.23. The summed E-state index contributed by atoms with van der Waals surface area (Å²) in [5.74, 6) is 1.22. The van der Waals surface area contributed by atoms with Crippen molar-refractivity contribution >= 4 is 6.09 Å². The molecule has 0 radical (unpaired) electrons. The number of hydrogen-bond acceptors (Lipinski definition) is 3. The van der Waals surface area contributed by atoms with Gasteiger partial charge in [0.05, 0.1) is 6.54 Å². The van der Waals surface area contributed by atoms with Crippen LogP contribution in [0.2, 0.25) is 0 Å². The van der Waals surface area contributed by atoms with Gasteiger partial charge >= 0.3 is 6.09 Å². The van der Waals surface area contributed by atoms with E-state index in [9.17, 15) is 4.79 Å². The van der Waals surface area contributed by atoms with Gasteiger partial charge in [0.25, 0.3) is 0 Å². The molecule has 4 nitrogen and oxygen atoms in total. The first-order valence-corrected chi connectivity index (χ1v) is 7.97. The number of ether oxygens (including phenoxy) is 2. The summed E-state index contributed by atoms with van der Waals surface area (Å²) in [6.07, 6.45) is 0.610. The van der Waals surface area contributed by atoms with Crippen LogP contribution in [0.5, 0.6) is 5.75 Å². The number of hydrogen-bond donors (Lipinski definition) is 0. The van der Waals surface area contributed by atoms with Crippen LogP contribution < -0.4 is 4.74 Å². The van der Waals surface area contributed by atoms with E-state index in [0.717, 1.165) is 12.2 Å². The van der Waals surface area contributed by atoms with Crippen LogP contribution in [0, 0.1) is 5.92 Å². The number of amides is 1. The van der Waals surface area contributed by atoms with E-state index in [1.807, 2.05) is 56.0 Å². The van der Waals surface area contributed by atoms with Crippen molar-refractivity contribution in [1.82, 2.24) is 4.90 Å². The van der Waals surface area contributed by atoms with Crippen LogP contribution in [0.4, 0.5) is 4.79 Å². The Bertz CT molecular complexity index is 493. The number of nitrogens with zero attached hydrogens (tertiary/aromatic N) is 1. The van der Waals surface area contributed by atoms with Crippen LogP contribution in [0.1, 0.15) is 41.0 Å². The van der Waals surface area contributed by atoms with Gasteiger partial charge in [-0.3, -0.25) is 0 Å². The molecule has 1 saturated heterocycles. The quantitative estimate of drug-likeness (QED) is 0.844. The molecule has 1 fully saturated rings. The molecule has 0 bridgehead atoms. The fraction of sp³-hybridized carbons (Fsp3) is 0.611. The summed E-state index contributed by atoms with van der Waals surface area (Å²) in [6.45, 7) is 10.5. The second-order valence-electron chi connectivity index (χ2n) is 7.23. The lowest BCUT2D eigenvalue weighted by molar-refractivity contribution is 0.0179. The van der Waals surface area contributed by atoms with Crippen molar-refractivity contribution in [3.63, 3.8) is 0 Å². The monoisotopic (exact) mass is 305 g/mol. The van der Waals surface area contributed by atoms with Crippen molar-refractivity contribution in [3.05, 3.63) is 30.3 Å². The maximum absolute atomic E-state index is 12.4. The topological polar surface area (TPSA) is 38.8 Å². The predicted octanol–water partition coefficient (Wildman–Crippen LogP) is 4.10. The van der Waals surface area contributed by atoms with Gasteiger partial charge in [-0.05, 0) is 38.8 Å². The maximum Gasteiger partial charge on any atom is 0.410 e. The van der Waals surface area contributed by atoms with Crippen molar-refractivity contribution in [2.24, 2.45) is 5.92 Å². The summed E-state index contributed by atoms with van der Waals surface area (Å²) in [5.41, 5.74) is -0.475. The van der Waals surface area contributed by atoms with Gasteiger partial charge in [-0.25, -0.2) is 4.79 Å². The van der Waals surface area contributed by atoms with Crippen LogP contribution in [0.3, 0.4) is 0 Å². The maximum atomic E-state index is 12.4. The average molecular weight is 305 g/mol. The molecular weight excluding hydrogens is 278 g/mol. The van der Waals surface area contributed by atoms with E-state index in [1.54, 1.807) is 0 Å². The largest absolute Gasteiger partial charge is 0.489 e. The van der Waals surface area contributed by atoms with Gasteiger partial charge in [-0.15, -0.1) is 0 Å². The van der Waals surface area contributed by atoms with Crippen molar-refractivity contribution in [2.45, 2.75) is 58.8 Å². The van der Waals surface area contributed by atoms with Crippen molar-refractivity contribution in [1.29, 1.82) is 0 Å². The Morgan fingerprint density at radius 1 is 1.23 bits per heavy atom. The Kier molecular flexibility index (Phi) is 4.99. The van der Waals surface area contributed by atoms with Crippen LogP contribution >= 0.6 is 0 Å². The Labute approximate surface area is 133 Å². The summed E-state index contributed by atoms with van der Waals surface area (Å²) in [4.78, 5) is 14.2. The number of benzene rings is 1. The molecule has 0 spiro atoms. The molecule has 1 aromatic carbocycles. The highest BCUT2D eigenvalue weighted by atomic mass is 16.6. The SMILES string of the molecule is CC(C)[C@@H]1C[C@H](Oc2ccccc2)CN1C(=O)OC(C)(C)C. The van der Waals surface area contributed by atoms with Gasteiger partial charge in [-0.2, -0.15) is 0 Å². The molecule has 1 amide bonds. The zero-order valence-corrected chi connectivity index (χ0v) is 14.2. The van der Waals surface area contributed by atoms with Crippen molar-refractivity contribution < 1.29 is 14.3 Å². The van der Waals surface area contributed by atoms with E-state index in [1.165, 1.54) is 0 Å². The van der Waals surface area contributed by atoms with E-state index in [0.29, 0.717) is 12.5 Å². The standard InChI is InChI=1S/C18H27NO3/c1-13(2)16-11-15(21-14-9-7-6-8-10-14)12-19(16)17(20)22-18(3,4)5/h6-10,13,15-16H,11-12H2,1-5H3/t15-,16-/m0/s1. The van der Waals surface area contributed by atoms with Gasteiger partial charge in [0.15, 0.2) is 0 Å². The molecule has 0 unspecified atom stereocenters. The molecule has 1 aliphatic heterocycles. The van der Waals surface area contributed by atoms with Gasteiger partial charge < -0.3 is 14.4 Å². The Hall–Kier alpha value is -1.71. The lowest BCUT2D eigenvalue weighted by Gasteiger charge is -2.30. The van der Waals surface area contributed by atoms with Crippen LogP contribution in [-0.2, 0) is 4.74 Å². The van der Waals surface area contributed by atoms with E-state index in [2.05, 4.69) is 13.8 Å². The third-order valence-corrected chi connectivity index (χ3v) is 3.75. The molecule has 0 N–H and O–H groups in total. The number of para-hydroxylation sites is 1. The molecule has 4 heteroatoms. The third-order valence-electron chi connectivity index (χ3n) is 3.75. The molecule has 1 aromatic rings. The fourth-order valence-electron chi connectivity index (χ4n) is 2.77. The molecule has 2 atom stereocenters. The summed E-state index contributed by atoms with van der Waals surface area (Å²) in [6, 6.07) is 9.92. The Morgan fingerprint density at radius 3 is 2.41 bits per heavy atom. The Balaban J connectivity index is 2.04. The van der Waals surface area contributed by atoms with Crippen molar-refractivity contribution in [2.75, 3.05) is 6.54 Å². The Morgan fingerprint density at radius 2 is 1.86 bits per heavy atom. The first-order valence-electron chi connectivity index (χ1n) is 7.97. The normalized spacial score (nSPS) is 22.0. The number of likely N-dealkylation sites (tertiary alicyclic amines) is 1. The highest BCUT2D eigenvalue weighted by Crippen LogP contribution is 2.28. The molecule has 1 aliphatic rings. The molecule has 2 rings (SSSR count). The second kappa shape index (κ2) is 6.59. The molecular formula is C18H27NO3. The van der Waals surface area contributed by atoms with Gasteiger partial charge in [0.2, 0.25) is 0 Å². The number of carbonyl (C=O) groups excluding carboxylic acids is 1. The van der Waals surface area contributed by atoms with E-state index in [-0.39, 0.29) is 18.2 Å². The molecule has 22 heavy (non-hydrogen) atoms. The first-order chi connectivity index (χ1) is 10.3. The van der Waals surface area contributed by atoms with Crippen LogP contribution in [0.25, 0.3) is 0 Å². The lowest BCUT2D eigenvalue weighted by Crippen LogP contribution is -2.42. The summed E-state index contributed by atoms with van der Waals surface area (Å²) < 4.78 is 11.5. The lowest BCUT2D eigenvalue weighted by atomic mass is 10.0. The van der Waals surface area contributed by atoms with E-state index >= 15 is 0 Å². The zero-order valence-electron chi connectivity index (χ0n) is 14.2. The number of carbonyl (C=O) groups is 1. The van der Waals surface area contributed by atoms with Gasteiger partial charge in [0.1, 0.15) is 17.5 Å². The predicted molar refractivity (Wildman–Crippen MR) is 87.0 cm³/mol. The smallest absolute Gasteiger partial charge is 0.410 e. The van der Waals surface area contributed by atoms with E-state index < -0.39 is 5.60 Å². The third kappa shape index (κ3) is 4.39. The fourth-order valence-corrected chi connectivity index (χ4v) is 2.77. The van der Waals surface area contributed by atoms with Crippen molar-refractivity contribution in [3.8, 4) is 5.75 Å². The van der Waals surface area contributed by atoms with Crippen LogP contribution in [-0.4, -0.2) is 35.3 Å². The minimum Gasteiger partial charge on any atom is -0.489 e. The number of rotatable bonds is 3. The minimum atomic E-state index is -0.475. The highest BCUT2D eigenvalue weighted by Gasteiger charge is 2.40. The van der Waals surface area contributed by atoms with Gasteiger partial charge in [0, 0.05) is 12.5 Å². The molecule has 122 valence electrons. The van der Waals surface area contributed by atoms with Gasteiger partial charge in [-0.1, -0.05) is 32.0 Å². The summed E-state index contributed by atoms with van der Waals surface area (Å²) in [5, 5.41) is 0. The average Bonchev–Trinajstić information content (AvgIpc) is 2.82. The molecule has 1 heterocycles. The molecule has 0 aliphatic carbocycles.